The van der Waals surface area contributed by atoms with Crippen molar-refractivity contribution in [3.63, 3.8) is 0 Å². The number of sulfonamides is 1. The van der Waals surface area contributed by atoms with Gasteiger partial charge in [-0.05, 0) is 36.5 Å². The van der Waals surface area contributed by atoms with Crippen molar-refractivity contribution < 1.29 is 13.3 Å². The van der Waals surface area contributed by atoms with Crippen LogP contribution in [0.1, 0.15) is 24.4 Å². The van der Waals surface area contributed by atoms with E-state index >= 15 is 0 Å². The molecule has 1 saturated carbocycles. The van der Waals surface area contributed by atoms with Crippen LogP contribution < -0.4 is 4.72 Å². The van der Waals surface area contributed by atoms with Crippen LogP contribution in [0, 0.1) is 5.92 Å². The lowest BCUT2D eigenvalue weighted by molar-refractivity contribution is -0.110. The molecule has 1 aliphatic heterocycles. The molecule has 116 valence electrons. The Morgan fingerprint density at radius 3 is 2.62 bits per heavy atom. The van der Waals surface area contributed by atoms with E-state index in [0.29, 0.717) is 17.5 Å². The van der Waals surface area contributed by atoms with Gasteiger partial charge in [0.2, 0.25) is 10.0 Å². The van der Waals surface area contributed by atoms with E-state index in [9.17, 15) is 8.42 Å². The van der Waals surface area contributed by atoms with E-state index in [4.69, 9.17) is 16.4 Å². The third-order valence-corrected chi connectivity index (χ3v) is 6.08. The quantitative estimate of drug-likeness (QED) is 0.896. The summed E-state index contributed by atoms with van der Waals surface area (Å²) in [4.78, 5) is 5.45. The van der Waals surface area contributed by atoms with Crippen molar-refractivity contribution in [1.29, 1.82) is 0 Å². The molecule has 5 nitrogen and oxygen atoms in total. The second kappa shape index (κ2) is 5.85. The Morgan fingerprint density at radius 1 is 1.33 bits per heavy atom. The van der Waals surface area contributed by atoms with Gasteiger partial charge in [-0.1, -0.05) is 23.7 Å². The fourth-order valence-electron chi connectivity index (χ4n) is 2.60. The van der Waals surface area contributed by atoms with E-state index in [-0.39, 0.29) is 12.6 Å². The highest BCUT2D eigenvalue weighted by Crippen LogP contribution is 2.34. The van der Waals surface area contributed by atoms with Gasteiger partial charge in [0.25, 0.3) is 0 Å². The van der Waals surface area contributed by atoms with E-state index in [2.05, 4.69) is 4.72 Å². The summed E-state index contributed by atoms with van der Waals surface area (Å²) in [6.45, 7) is 0.708. The average molecular weight is 331 g/mol. The van der Waals surface area contributed by atoms with E-state index in [1.54, 1.807) is 24.2 Å². The fourth-order valence-corrected chi connectivity index (χ4v) is 4.32. The molecule has 1 aromatic rings. The number of hydroxylamine groups is 2. The summed E-state index contributed by atoms with van der Waals surface area (Å²) in [6, 6.07) is 6.91. The van der Waals surface area contributed by atoms with Crippen molar-refractivity contribution >= 4 is 21.6 Å². The maximum atomic E-state index is 12.5. The molecule has 7 heteroatoms. The van der Waals surface area contributed by atoms with Crippen LogP contribution in [-0.2, 0) is 14.9 Å². The highest BCUT2D eigenvalue weighted by Gasteiger charge is 2.43. The summed E-state index contributed by atoms with van der Waals surface area (Å²) < 4.78 is 27.8. The van der Waals surface area contributed by atoms with Crippen molar-refractivity contribution in [3.05, 3.63) is 34.9 Å². The van der Waals surface area contributed by atoms with Gasteiger partial charge >= 0.3 is 0 Å². The molecule has 2 atom stereocenters. The SMILES string of the molecule is CN1OC[C@H](S(=O)(=O)NCC2CC2)[C@H]1c1ccc(Cl)cc1. The van der Waals surface area contributed by atoms with E-state index in [1.165, 1.54) is 0 Å². The molecule has 21 heavy (non-hydrogen) atoms. The number of nitrogens with one attached hydrogen (secondary N) is 1. The molecule has 1 aliphatic carbocycles. The fraction of sp³-hybridized carbons (Fsp3) is 0.571. The Balaban J connectivity index is 1.80. The number of hydrogen-bond donors (Lipinski definition) is 1. The summed E-state index contributed by atoms with van der Waals surface area (Å²) in [5.74, 6) is 0.508. The second-order valence-electron chi connectivity index (χ2n) is 5.71. The molecule has 1 heterocycles. The van der Waals surface area contributed by atoms with E-state index in [0.717, 1.165) is 18.4 Å². The first-order chi connectivity index (χ1) is 9.97. The van der Waals surface area contributed by atoms with Crippen LogP contribution in [0.25, 0.3) is 0 Å². The lowest BCUT2D eigenvalue weighted by Gasteiger charge is -2.23. The number of rotatable bonds is 5. The molecule has 2 aliphatic rings. The van der Waals surface area contributed by atoms with Crippen LogP contribution in [0.3, 0.4) is 0 Å². The molecule has 0 aromatic heterocycles. The molecule has 0 spiro atoms. The van der Waals surface area contributed by atoms with Gasteiger partial charge < -0.3 is 0 Å². The molecule has 2 fully saturated rings. The molecule has 0 unspecified atom stereocenters. The third-order valence-electron chi connectivity index (χ3n) is 4.07. The summed E-state index contributed by atoms with van der Waals surface area (Å²) in [6.07, 6.45) is 2.23. The molecule has 0 amide bonds. The summed E-state index contributed by atoms with van der Waals surface area (Å²) in [5.41, 5.74) is 0.890. The molecule has 3 rings (SSSR count). The van der Waals surface area contributed by atoms with Crippen molar-refractivity contribution in [2.75, 3.05) is 20.2 Å². The molecule has 1 saturated heterocycles. The summed E-state index contributed by atoms with van der Waals surface area (Å²) >= 11 is 5.90. The predicted molar refractivity (Wildman–Crippen MR) is 81.3 cm³/mol. The van der Waals surface area contributed by atoms with Crippen LogP contribution >= 0.6 is 11.6 Å². The Kier molecular flexibility index (Phi) is 4.25. The van der Waals surface area contributed by atoms with E-state index < -0.39 is 15.3 Å². The van der Waals surface area contributed by atoms with Gasteiger partial charge in [0.05, 0.1) is 12.6 Å². The standard InChI is InChI=1S/C14H19ClN2O3S/c1-17-14(11-4-6-12(15)7-5-11)13(9-20-17)21(18,19)16-8-10-2-3-10/h4-7,10,13-14,16H,2-3,8-9H2,1H3/t13-,14+/m0/s1. The number of halogens is 1. The van der Waals surface area contributed by atoms with Crippen LogP contribution in [0.5, 0.6) is 0 Å². The van der Waals surface area contributed by atoms with Crippen LogP contribution in [0.4, 0.5) is 0 Å². The van der Waals surface area contributed by atoms with Crippen LogP contribution in [0.15, 0.2) is 24.3 Å². The van der Waals surface area contributed by atoms with Crippen molar-refractivity contribution in [3.8, 4) is 0 Å². The highest BCUT2D eigenvalue weighted by atomic mass is 35.5. The first-order valence-electron chi connectivity index (χ1n) is 7.07. The average Bonchev–Trinajstić information content (AvgIpc) is 3.19. The number of nitrogens with zero attached hydrogens (tertiary/aromatic N) is 1. The zero-order valence-corrected chi connectivity index (χ0v) is 13.4. The minimum absolute atomic E-state index is 0.170. The van der Waals surface area contributed by atoms with Gasteiger partial charge in [0.15, 0.2) is 0 Å². The van der Waals surface area contributed by atoms with Gasteiger partial charge in [-0.15, -0.1) is 0 Å². The van der Waals surface area contributed by atoms with Gasteiger partial charge in [0.1, 0.15) is 5.25 Å². The zero-order chi connectivity index (χ0) is 15.0. The molecule has 1 N–H and O–H groups in total. The minimum Gasteiger partial charge on any atom is -0.297 e. The molecule has 0 radical (unpaired) electrons. The van der Waals surface area contributed by atoms with Crippen LogP contribution in [0.2, 0.25) is 5.02 Å². The Hall–Kier alpha value is -0.660. The monoisotopic (exact) mass is 330 g/mol. The Labute approximate surface area is 130 Å². The number of hydrogen-bond acceptors (Lipinski definition) is 4. The lowest BCUT2D eigenvalue weighted by atomic mass is 10.0. The largest absolute Gasteiger partial charge is 0.297 e. The summed E-state index contributed by atoms with van der Waals surface area (Å²) in [5, 5.41) is 1.64. The highest BCUT2D eigenvalue weighted by molar-refractivity contribution is 7.90. The Bertz CT molecular complexity index is 601. The maximum absolute atomic E-state index is 12.5. The molecular weight excluding hydrogens is 312 g/mol. The predicted octanol–water partition coefficient (Wildman–Crippen LogP) is 1.96. The molecular formula is C14H19ClN2O3S. The lowest BCUT2D eigenvalue weighted by Crippen LogP contribution is -2.40. The maximum Gasteiger partial charge on any atom is 0.218 e. The van der Waals surface area contributed by atoms with Crippen LogP contribution in [-0.4, -0.2) is 38.9 Å². The topological polar surface area (TPSA) is 58.6 Å². The number of benzene rings is 1. The van der Waals surface area contributed by atoms with Gasteiger partial charge in [-0.2, -0.15) is 5.06 Å². The molecule has 1 aromatic carbocycles. The first-order valence-corrected chi connectivity index (χ1v) is 8.99. The van der Waals surface area contributed by atoms with Crippen molar-refractivity contribution in [1.82, 2.24) is 9.79 Å². The van der Waals surface area contributed by atoms with Crippen molar-refractivity contribution in [2.45, 2.75) is 24.1 Å². The third kappa shape index (κ3) is 3.40. The molecule has 0 bridgehead atoms. The second-order valence-corrected chi connectivity index (χ2v) is 8.13. The zero-order valence-electron chi connectivity index (χ0n) is 11.8. The van der Waals surface area contributed by atoms with E-state index in [1.807, 2.05) is 12.1 Å². The van der Waals surface area contributed by atoms with Gasteiger partial charge in [-0.25, -0.2) is 13.1 Å². The summed E-state index contributed by atoms with van der Waals surface area (Å²) in [7, 11) is -1.65. The van der Waals surface area contributed by atoms with Crippen molar-refractivity contribution in [2.24, 2.45) is 5.92 Å². The Morgan fingerprint density at radius 2 is 2.00 bits per heavy atom. The normalized spacial score (nSPS) is 27.1. The van der Waals surface area contributed by atoms with Gasteiger partial charge in [0, 0.05) is 18.6 Å². The van der Waals surface area contributed by atoms with Gasteiger partial charge in [-0.3, -0.25) is 4.84 Å². The smallest absolute Gasteiger partial charge is 0.218 e. The minimum atomic E-state index is -3.41. The first kappa shape index (κ1) is 15.2.